The highest BCUT2D eigenvalue weighted by atomic mass is 35.5. The lowest BCUT2D eigenvalue weighted by Gasteiger charge is -2.11. The topological polar surface area (TPSA) is 44.8 Å². The number of hydrogen-bond donors (Lipinski definition) is 0. The summed E-state index contributed by atoms with van der Waals surface area (Å²) in [6.45, 7) is 0.247. The zero-order valence-electron chi connectivity index (χ0n) is 14.0. The number of fused-ring (bicyclic) bond motifs is 1. The number of esters is 1. The molecule has 0 N–H and O–H groups in total. The number of carbonyl (C=O) groups is 1. The van der Waals surface area contributed by atoms with Crippen molar-refractivity contribution < 1.29 is 19.0 Å². The van der Waals surface area contributed by atoms with E-state index in [2.05, 4.69) is 0 Å². The van der Waals surface area contributed by atoms with Gasteiger partial charge in [-0.1, -0.05) is 47.5 Å². The second kappa shape index (κ2) is 8.30. The minimum absolute atomic E-state index is 0.0772. The van der Waals surface area contributed by atoms with Crippen molar-refractivity contribution in [3.05, 3.63) is 70.2 Å². The first-order valence-electron chi connectivity index (χ1n) is 7.90. The largest absolute Gasteiger partial charge is 0.496 e. The van der Waals surface area contributed by atoms with Crippen molar-refractivity contribution in [2.24, 2.45) is 0 Å². The van der Waals surface area contributed by atoms with E-state index in [9.17, 15) is 4.79 Å². The predicted octanol–water partition coefficient (Wildman–Crippen LogP) is 5.39. The van der Waals surface area contributed by atoms with Gasteiger partial charge in [-0.25, -0.2) is 4.79 Å². The molecule has 0 amide bonds. The van der Waals surface area contributed by atoms with E-state index >= 15 is 0 Å². The fourth-order valence-corrected chi connectivity index (χ4v) is 2.97. The lowest BCUT2D eigenvalue weighted by atomic mass is 10.1. The quantitative estimate of drug-likeness (QED) is 0.418. The zero-order chi connectivity index (χ0) is 18.5. The van der Waals surface area contributed by atoms with Gasteiger partial charge in [-0.05, 0) is 41.1 Å². The highest BCUT2D eigenvalue weighted by Gasteiger charge is 2.15. The number of halogens is 2. The van der Waals surface area contributed by atoms with Crippen LogP contribution in [0, 0.1) is 0 Å². The summed E-state index contributed by atoms with van der Waals surface area (Å²) >= 11 is 11.9. The number of hydrogen-bond acceptors (Lipinski definition) is 4. The molecular weight excluding hydrogens is 375 g/mol. The molecule has 0 spiro atoms. The molecule has 0 aliphatic heterocycles. The first kappa shape index (κ1) is 18.4. The smallest absolute Gasteiger partial charge is 0.342 e. The third-order valence-corrected chi connectivity index (χ3v) is 4.29. The first-order valence-corrected chi connectivity index (χ1v) is 8.66. The summed E-state index contributed by atoms with van der Waals surface area (Å²) in [6, 6.07) is 16.2. The molecule has 26 heavy (non-hydrogen) atoms. The summed E-state index contributed by atoms with van der Waals surface area (Å²) in [4.78, 5) is 12.4. The Morgan fingerprint density at radius 2 is 1.65 bits per heavy atom. The van der Waals surface area contributed by atoms with Gasteiger partial charge < -0.3 is 14.2 Å². The maximum Gasteiger partial charge on any atom is 0.342 e. The Morgan fingerprint density at radius 3 is 2.35 bits per heavy atom. The monoisotopic (exact) mass is 390 g/mol. The Kier molecular flexibility index (Phi) is 5.86. The summed E-state index contributed by atoms with van der Waals surface area (Å²) in [5, 5.41) is 2.85. The van der Waals surface area contributed by atoms with Gasteiger partial charge in [0.25, 0.3) is 0 Å². The molecule has 0 fully saturated rings. The average Bonchev–Trinajstić information content (AvgIpc) is 2.65. The van der Waals surface area contributed by atoms with Crippen LogP contribution in [0.25, 0.3) is 10.8 Å². The highest BCUT2D eigenvalue weighted by molar-refractivity contribution is 6.35. The number of ether oxygens (including phenoxy) is 3. The molecule has 0 saturated heterocycles. The predicted molar refractivity (Wildman–Crippen MR) is 103 cm³/mol. The fraction of sp³-hybridized carbons (Fsp3) is 0.150. The van der Waals surface area contributed by atoms with E-state index in [1.807, 2.05) is 30.3 Å². The summed E-state index contributed by atoms with van der Waals surface area (Å²) in [7, 11) is 1.52. The molecule has 6 heteroatoms. The van der Waals surface area contributed by atoms with E-state index in [0.717, 1.165) is 10.8 Å². The van der Waals surface area contributed by atoms with Crippen LogP contribution < -0.4 is 9.47 Å². The van der Waals surface area contributed by atoms with Crippen molar-refractivity contribution in [2.75, 3.05) is 20.3 Å². The van der Waals surface area contributed by atoms with E-state index in [1.165, 1.54) is 7.11 Å². The molecule has 3 aromatic rings. The molecular formula is C20H16Cl2O4. The third kappa shape index (κ3) is 4.21. The van der Waals surface area contributed by atoms with Gasteiger partial charge in [0.1, 0.15) is 30.3 Å². The van der Waals surface area contributed by atoms with Crippen molar-refractivity contribution in [3.8, 4) is 11.5 Å². The van der Waals surface area contributed by atoms with Gasteiger partial charge in [-0.15, -0.1) is 0 Å². The second-order valence-corrected chi connectivity index (χ2v) is 6.30. The van der Waals surface area contributed by atoms with Crippen LogP contribution in [-0.4, -0.2) is 26.3 Å². The van der Waals surface area contributed by atoms with Gasteiger partial charge in [0.05, 0.1) is 12.1 Å². The van der Waals surface area contributed by atoms with E-state index in [1.54, 1.807) is 24.3 Å². The van der Waals surface area contributed by atoms with Crippen LogP contribution in [-0.2, 0) is 4.74 Å². The van der Waals surface area contributed by atoms with Gasteiger partial charge >= 0.3 is 5.97 Å². The zero-order valence-corrected chi connectivity index (χ0v) is 15.5. The lowest BCUT2D eigenvalue weighted by Crippen LogP contribution is -2.13. The molecule has 0 aliphatic carbocycles. The lowest BCUT2D eigenvalue weighted by molar-refractivity contribution is 0.0447. The molecule has 0 saturated carbocycles. The van der Waals surface area contributed by atoms with Gasteiger partial charge in [0.15, 0.2) is 0 Å². The van der Waals surface area contributed by atoms with E-state index < -0.39 is 5.97 Å². The number of carbonyl (C=O) groups excluding carboxylic acids is 1. The summed E-state index contributed by atoms with van der Waals surface area (Å²) < 4.78 is 16.1. The van der Waals surface area contributed by atoms with Crippen molar-refractivity contribution in [2.45, 2.75) is 0 Å². The van der Waals surface area contributed by atoms with Gasteiger partial charge in [0.2, 0.25) is 0 Å². The molecule has 3 rings (SSSR count). The number of methoxy groups -OCH3 is 1. The Morgan fingerprint density at radius 1 is 0.923 bits per heavy atom. The first-order chi connectivity index (χ1) is 12.6. The van der Waals surface area contributed by atoms with Crippen molar-refractivity contribution in [1.82, 2.24) is 0 Å². The van der Waals surface area contributed by atoms with Crippen LogP contribution in [0.4, 0.5) is 0 Å². The van der Waals surface area contributed by atoms with Crippen molar-refractivity contribution in [3.63, 3.8) is 0 Å². The minimum Gasteiger partial charge on any atom is -0.496 e. The normalized spacial score (nSPS) is 10.6. The van der Waals surface area contributed by atoms with Crippen molar-refractivity contribution >= 4 is 39.9 Å². The van der Waals surface area contributed by atoms with Gasteiger partial charge in [0, 0.05) is 5.02 Å². The van der Waals surface area contributed by atoms with E-state index in [0.29, 0.717) is 27.1 Å². The van der Waals surface area contributed by atoms with Crippen LogP contribution in [0.15, 0.2) is 54.6 Å². The Bertz CT molecular complexity index is 940. The van der Waals surface area contributed by atoms with Crippen LogP contribution in [0.5, 0.6) is 11.5 Å². The van der Waals surface area contributed by atoms with Gasteiger partial charge in [-0.2, -0.15) is 0 Å². The maximum atomic E-state index is 12.4. The molecule has 3 aromatic carbocycles. The molecule has 0 heterocycles. The molecule has 0 bridgehead atoms. The fourth-order valence-electron chi connectivity index (χ4n) is 2.50. The molecule has 4 nitrogen and oxygen atoms in total. The maximum absolute atomic E-state index is 12.4. The SMILES string of the molecule is COc1cc2ccccc2cc1C(=O)OCCOc1ccc(Cl)cc1Cl. The Balaban J connectivity index is 1.63. The summed E-state index contributed by atoms with van der Waals surface area (Å²) in [5.74, 6) is 0.476. The van der Waals surface area contributed by atoms with Crippen LogP contribution >= 0.6 is 23.2 Å². The van der Waals surface area contributed by atoms with Crippen molar-refractivity contribution in [1.29, 1.82) is 0 Å². The second-order valence-electron chi connectivity index (χ2n) is 5.46. The van der Waals surface area contributed by atoms with Crippen LogP contribution in [0.2, 0.25) is 10.0 Å². The van der Waals surface area contributed by atoms with Crippen LogP contribution in [0.3, 0.4) is 0 Å². The Labute approximate surface area is 161 Å². The Hall–Kier alpha value is -2.43. The van der Waals surface area contributed by atoms with Crippen LogP contribution in [0.1, 0.15) is 10.4 Å². The summed E-state index contributed by atoms with van der Waals surface area (Å²) in [6.07, 6.45) is 0. The number of benzene rings is 3. The average molecular weight is 391 g/mol. The molecule has 0 unspecified atom stereocenters. The summed E-state index contributed by atoms with van der Waals surface area (Å²) in [5.41, 5.74) is 0.371. The molecule has 0 radical (unpaired) electrons. The minimum atomic E-state index is -0.474. The molecule has 0 aromatic heterocycles. The van der Waals surface area contributed by atoms with E-state index in [4.69, 9.17) is 37.4 Å². The highest BCUT2D eigenvalue weighted by Crippen LogP contribution is 2.28. The number of rotatable bonds is 6. The standard InChI is InChI=1S/C20H16Cl2O4/c1-24-19-11-14-5-3-2-4-13(14)10-16(19)20(23)26-9-8-25-18-7-6-15(21)12-17(18)22/h2-7,10-12H,8-9H2,1H3. The molecule has 134 valence electrons. The van der Waals surface area contributed by atoms with E-state index in [-0.39, 0.29) is 13.2 Å². The molecule has 0 aliphatic rings. The third-order valence-electron chi connectivity index (χ3n) is 3.76. The van der Waals surface area contributed by atoms with Gasteiger partial charge in [-0.3, -0.25) is 0 Å². The molecule has 0 atom stereocenters.